The summed E-state index contributed by atoms with van der Waals surface area (Å²) in [5.41, 5.74) is 6.88. The zero-order chi connectivity index (χ0) is 16.8. The van der Waals surface area contributed by atoms with Gasteiger partial charge in [0.1, 0.15) is 6.54 Å². The van der Waals surface area contributed by atoms with Gasteiger partial charge in [0.25, 0.3) is 0 Å². The van der Waals surface area contributed by atoms with E-state index in [0.717, 1.165) is 0 Å². The van der Waals surface area contributed by atoms with Crippen LogP contribution in [-0.2, 0) is 11.3 Å². The molecule has 0 aliphatic carbocycles. The molecule has 0 saturated heterocycles. The predicted octanol–water partition coefficient (Wildman–Crippen LogP) is 1.29. The van der Waals surface area contributed by atoms with Crippen LogP contribution in [0.4, 0.5) is 0 Å². The topological polar surface area (TPSA) is 121 Å². The fraction of sp³-hybridized carbons (Fsp3) is 0.267. The van der Waals surface area contributed by atoms with Gasteiger partial charge in [-0.05, 0) is 18.2 Å². The normalized spacial score (nSPS) is 11.1. The van der Waals surface area contributed by atoms with Crippen molar-refractivity contribution >= 4 is 11.9 Å². The van der Waals surface area contributed by atoms with Gasteiger partial charge < -0.3 is 10.2 Å². The number of nitrogens with zero attached hydrogens (tertiary/aromatic N) is 5. The molecule has 8 heteroatoms. The van der Waals surface area contributed by atoms with Crippen molar-refractivity contribution in [2.24, 2.45) is 10.7 Å². The second kappa shape index (κ2) is 7.17. The molecule has 23 heavy (non-hydrogen) atoms. The minimum atomic E-state index is -0.134. The van der Waals surface area contributed by atoms with Gasteiger partial charge in [-0.25, -0.2) is 4.99 Å². The Morgan fingerprint density at radius 2 is 2.26 bits per heavy atom. The zero-order valence-electron chi connectivity index (χ0n) is 12.9. The van der Waals surface area contributed by atoms with Crippen molar-refractivity contribution in [3.63, 3.8) is 0 Å². The highest BCUT2D eigenvalue weighted by molar-refractivity contribution is 5.95. The van der Waals surface area contributed by atoms with E-state index in [-0.39, 0.29) is 24.3 Å². The minimum absolute atomic E-state index is 0.0676. The molecule has 0 atom stereocenters. The summed E-state index contributed by atoms with van der Waals surface area (Å²) in [4.78, 5) is 16.8. The number of carbonyl (C=O) groups is 1. The summed E-state index contributed by atoms with van der Waals surface area (Å²) in [6.07, 6.45) is 0.340. The molecule has 0 aliphatic rings. The number of benzene rings is 1. The number of nitriles is 1. The molecule has 0 radical (unpaired) electrons. The Morgan fingerprint density at radius 3 is 2.96 bits per heavy atom. The van der Waals surface area contributed by atoms with E-state index in [1.165, 1.54) is 4.90 Å². The third kappa shape index (κ3) is 3.91. The number of guanidine groups is 1. The molecule has 1 amide bonds. The smallest absolute Gasteiger partial charge is 0.247 e. The van der Waals surface area contributed by atoms with Crippen LogP contribution in [0.5, 0.6) is 0 Å². The molecule has 0 spiro atoms. The summed E-state index contributed by atoms with van der Waals surface area (Å²) in [6.45, 7) is 1.81. The SMILES string of the molecule is CCC(=O)N(C)C(N)=NCc1nnc(-c2cccc(C#N)c2)o1. The molecule has 0 aliphatic heterocycles. The van der Waals surface area contributed by atoms with E-state index < -0.39 is 0 Å². The van der Waals surface area contributed by atoms with Crippen LogP contribution in [0.25, 0.3) is 11.5 Å². The number of hydrogen-bond acceptors (Lipinski definition) is 6. The molecule has 0 saturated carbocycles. The molecule has 2 aromatic rings. The molecule has 0 unspecified atom stereocenters. The first-order valence-electron chi connectivity index (χ1n) is 6.94. The molecule has 1 aromatic heterocycles. The Balaban J connectivity index is 2.11. The van der Waals surface area contributed by atoms with Gasteiger partial charge in [-0.3, -0.25) is 9.69 Å². The first-order chi connectivity index (χ1) is 11.0. The molecular weight excluding hydrogens is 296 g/mol. The maximum Gasteiger partial charge on any atom is 0.247 e. The average molecular weight is 312 g/mol. The van der Waals surface area contributed by atoms with E-state index in [1.807, 2.05) is 6.07 Å². The molecule has 118 valence electrons. The van der Waals surface area contributed by atoms with E-state index >= 15 is 0 Å². The van der Waals surface area contributed by atoms with Gasteiger partial charge in [0.05, 0.1) is 11.6 Å². The van der Waals surface area contributed by atoms with Gasteiger partial charge in [-0.2, -0.15) is 5.26 Å². The van der Waals surface area contributed by atoms with Gasteiger partial charge in [0.2, 0.25) is 17.7 Å². The third-order valence-corrected chi connectivity index (χ3v) is 3.10. The van der Waals surface area contributed by atoms with Crippen LogP contribution in [0, 0.1) is 11.3 Å². The highest BCUT2D eigenvalue weighted by Crippen LogP contribution is 2.19. The maximum atomic E-state index is 11.5. The number of hydrogen-bond donors (Lipinski definition) is 1. The number of nitrogens with two attached hydrogens (primary N) is 1. The van der Waals surface area contributed by atoms with Gasteiger partial charge >= 0.3 is 0 Å². The largest absolute Gasteiger partial charge is 0.419 e. The fourth-order valence-corrected chi connectivity index (χ4v) is 1.78. The van der Waals surface area contributed by atoms with E-state index in [0.29, 0.717) is 23.4 Å². The number of aliphatic imine (C=N–C) groups is 1. The molecule has 8 nitrogen and oxygen atoms in total. The summed E-state index contributed by atoms with van der Waals surface area (Å²) in [6, 6.07) is 8.89. The van der Waals surface area contributed by atoms with Crippen molar-refractivity contribution in [1.29, 1.82) is 5.26 Å². The minimum Gasteiger partial charge on any atom is -0.419 e. The first-order valence-corrected chi connectivity index (χ1v) is 6.94. The van der Waals surface area contributed by atoms with Crippen molar-refractivity contribution in [2.45, 2.75) is 19.9 Å². The maximum absolute atomic E-state index is 11.5. The summed E-state index contributed by atoms with van der Waals surface area (Å²) in [5.74, 6) is 0.514. The van der Waals surface area contributed by atoms with Crippen LogP contribution >= 0.6 is 0 Å². The van der Waals surface area contributed by atoms with Crippen LogP contribution < -0.4 is 5.73 Å². The fourth-order valence-electron chi connectivity index (χ4n) is 1.78. The second-order valence-corrected chi connectivity index (χ2v) is 4.67. The zero-order valence-corrected chi connectivity index (χ0v) is 12.9. The van der Waals surface area contributed by atoms with Crippen molar-refractivity contribution in [2.75, 3.05) is 7.05 Å². The number of rotatable bonds is 4. The molecule has 1 aromatic carbocycles. The Hall–Kier alpha value is -3.21. The number of carbonyl (C=O) groups excluding carboxylic acids is 1. The van der Waals surface area contributed by atoms with Crippen molar-refractivity contribution in [3.8, 4) is 17.5 Å². The lowest BCUT2D eigenvalue weighted by Gasteiger charge is -2.14. The van der Waals surface area contributed by atoms with Crippen LogP contribution in [0.2, 0.25) is 0 Å². The molecule has 0 bridgehead atoms. The highest BCUT2D eigenvalue weighted by atomic mass is 16.4. The van der Waals surface area contributed by atoms with Crippen molar-refractivity contribution < 1.29 is 9.21 Å². The molecule has 2 rings (SSSR count). The Kier molecular flexibility index (Phi) is 5.04. The van der Waals surface area contributed by atoms with E-state index in [1.54, 1.807) is 38.2 Å². The van der Waals surface area contributed by atoms with Gasteiger partial charge in [0, 0.05) is 19.0 Å². The Bertz CT molecular complexity index is 774. The number of aromatic nitrogens is 2. The van der Waals surface area contributed by atoms with Gasteiger partial charge in [-0.1, -0.05) is 13.0 Å². The molecule has 2 N–H and O–H groups in total. The molecule has 0 fully saturated rings. The van der Waals surface area contributed by atoms with Crippen LogP contribution in [-0.4, -0.2) is 34.0 Å². The standard InChI is InChI=1S/C15H16N6O2/c1-3-13(22)21(2)15(17)18-9-12-19-20-14(23-12)11-6-4-5-10(7-11)8-16/h4-7H,3,9H2,1-2H3,(H2,17,18). The van der Waals surface area contributed by atoms with Crippen LogP contribution in [0.15, 0.2) is 33.7 Å². The first kappa shape index (κ1) is 16.2. The Morgan fingerprint density at radius 1 is 1.48 bits per heavy atom. The summed E-state index contributed by atoms with van der Waals surface area (Å²) < 4.78 is 5.49. The number of amides is 1. The van der Waals surface area contributed by atoms with E-state index in [4.69, 9.17) is 15.4 Å². The second-order valence-electron chi connectivity index (χ2n) is 4.67. The monoisotopic (exact) mass is 312 g/mol. The lowest BCUT2D eigenvalue weighted by Crippen LogP contribution is -2.38. The highest BCUT2D eigenvalue weighted by Gasteiger charge is 2.12. The van der Waals surface area contributed by atoms with Gasteiger partial charge in [-0.15, -0.1) is 10.2 Å². The van der Waals surface area contributed by atoms with Crippen LogP contribution in [0.3, 0.4) is 0 Å². The average Bonchev–Trinajstić information content (AvgIpc) is 3.07. The predicted molar refractivity (Wildman–Crippen MR) is 82.8 cm³/mol. The van der Waals surface area contributed by atoms with Gasteiger partial charge in [0.15, 0.2) is 5.96 Å². The lowest BCUT2D eigenvalue weighted by atomic mass is 10.1. The quantitative estimate of drug-likeness (QED) is 0.670. The van der Waals surface area contributed by atoms with E-state index in [2.05, 4.69) is 15.2 Å². The summed E-state index contributed by atoms with van der Waals surface area (Å²) in [7, 11) is 1.55. The lowest BCUT2D eigenvalue weighted by molar-refractivity contribution is -0.126. The molecule has 1 heterocycles. The Labute approximate surface area is 133 Å². The van der Waals surface area contributed by atoms with E-state index in [9.17, 15) is 4.79 Å². The van der Waals surface area contributed by atoms with Crippen molar-refractivity contribution in [3.05, 3.63) is 35.7 Å². The van der Waals surface area contributed by atoms with Crippen LogP contribution in [0.1, 0.15) is 24.8 Å². The summed E-state index contributed by atoms with van der Waals surface area (Å²) >= 11 is 0. The summed E-state index contributed by atoms with van der Waals surface area (Å²) in [5, 5.41) is 16.7. The molecular formula is C15H16N6O2. The van der Waals surface area contributed by atoms with Crippen molar-refractivity contribution in [1.82, 2.24) is 15.1 Å². The third-order valence-electron chi connectivity index (χ3n) is 3.10.